The maximum absolute atomic E-state index is 12.0. The number of aromatic amines is 1. The lowest BCUT2D eigenvalue weighted by Gasteiger charge is -2.36. The lowest BCUT2D eigenvalue weighted by atomic mass is 9.70. The molecular weight excluding hydrogens is 454 g/mol. The molecule has 0 amide bonds. The van der Waals surface area contributed by atoms with Crippen LogP contribution in [0.2, 0.25) is 0 Å². The number of aliphatic carboxylic acids is 1. The van der Waals surface area contributed by atoms with E-state index in [1.165, 1.54) is 0 Å². The molecule has 4 heterocycles. The Hall–Kier alpha value is -4.04. The number of H-pyrrole nitrogens is 1. The third-order valence-corrected chi connectivity index (χ3v) is 7.53. The molecule has 1 saturated carbocycles. The summed E-state index contributed by atoms with van der Waals surface area (Å²) < 4.78 is 7.12. The molecule has 36 heavy (non-hydrogen) atoms. The summed E-state index contributed by atoms with van der Waals surface area (Å²) in [6.07, 6.45) is 8.23. The van der Waals surface area contributed by atoms with Crippen LogP contribution in [-0.2, 0) is 9.53 Å². The zero-order valence-electron chi connectivity index (χ0n) is 20.0. The number of methoxy groups -OCH3 is 1. The maximum atomic E-state index is 12.0. The zero-order valence-corrected chi connectivity index (χ0v) is 20.0. The van der Waals surface area contributed by atoms with Gasteiger partial charge in [0.1, 0.15) is 5.65 Å². The zero-order chi connectivity index (χ0) is 24.7. The first kappa shape index (κ1) is 22.4. The van der Waals surface area contributed by atoms with E-state index in [4.69, 9.17) is 9.72 Å². The second-order valence-electron chi connectivity index (χ2n) is 9.62. The van der Waals surface area contributed by atoms with Crippen LogP contribution in [0.15, 0.2) is 67.1 Å². The second kappa shape index (κ2) is 8.87. The van der Waals surface area contributed by atoms with Crippen LogP contribution in [0.25, 0.3) is 39.1 Å². The van der Waals surface area contributed by atoms with Crippen LogP contribution in [0, 0.1) is 5.41 Å². The van der Waals surface area contributed by atoms with Gasteiger partial charge >= 0.3 is 5.97 Å². The van der Waals surface area contributed by atoms with Gasteiger partial charge in [-0.05, 0) is 37.8 Å². The number of benzene rings is 1. The van der Waals surface area contributed by atoms with Crippen LogP contribution in [0.5, 0.6) is 0 Å². The van der Waals surface area contributed by atoms with Crippen molar-refractivity contribution in [2.75, 3.05) is 13.7 Å². The predicted octanol–water partition coefficient (Wildman–Crippen LogP) is 5.31. The van der Waals surface area contributed by atoms with Crippen LogP contribution in [0.4, 0.5) is 0 Å². The minimum absolute atomic E-state index is 0.166. The molecule has 0 spiro atoms. The van der Waals surface area contributed by atoms with Gasteiger partial charge in [-0.15, -0.1) is 0 Å². The van der Waals surface area contributed by atoms with E-state index in [1.807, 2.05) is 65.6 Å². The summed E-state index contributed by atoms with van der Waals surface area (Å²) in [5.74, 6) is -0.610. The normalized spacial score (nSPS) is 20.2. The van der Waals surface area contributed by atoms with Gasteiger partial charge in [0.25, 0.3) is 0 Å². The number of nitrogens with zero attached hydrogens (tertiary/aromatic N) is 4. The number of nitrogens with one attached hydrogen (secondary N) is 1. The van der Waals surface area contributed by atoms with E-state index in [-0.39, 0.29) is 12.5 Å². The van der Waals surface area contributed by atoms with Gasteiger partial charge < -0.3 is 14.8 Å². The van der Waals surface area contributed by atoms with Crippen molar-refractivity contribution in [2.45, 2.75) is 31.6 Å². The lowest BCUT2D eigenvalue weighted by Crippen LogP contribution is -2.39. The minimum Gasteiger partial charge on any atom is -0.481 e. The van der Waals surface area contributed by atoms with E-state index < -0.39 is 11.4 Å². The average molecular weight is 482 g/mol. The molecule has 1 aliphatic carbocycles. The van der Waals surface area contributed by atoms with Crippen LogP contribution >= 0.6 is 0 Å². The van der Waals surface area contributed by atoms with Crippen molar-refractivity contribution in [1.82, 2.24) is 24.6 Å². The van der Waals surface area contributed by atoms with Crippen molar-refractivity contribution in [3.05, 3.63) is 72.8 Å². The predicted molar refractivity (Wildman–Crippen MR) is 137 cm³/mol. The average Bonchev–Trinajstić information content (AvgIpc) is 3.57. The van der Waals surface area contributed by atoms with E-state index in [0.29, 0.717) is 12.8 Å². The molecule has 6 rings (SSSR count). The first-order chi connectivity index (χ1) is 17.6. The molecule has 1 fully saturated rings. The molecule has 1 aliphatic rings. The van der Waals surface area contributed by atoms with Gasteiger partial charge in [-0.25, -0.2) is 4.98 Å². The largest absolute Gasteiger partial charge is 0.481 e. The quantitative estimate of drug-likeness (QED) is 0.340. The number of aromatic nitrogens is 5. The topological polar surface area (TPSA) is 105 Å². The Bertz CT molecular complexity index is 1530. The Labute approximate surface area is 208 Å². The molecule has 4 aromatic heterocycles. The summed E-state index contributed by atoms with van der Waals surface area (Å²) >= 11 is 0. The van der Waals surface area contributed by atoms with E-state index in [1.54, 1.807) is 7.11 Å². The van der Waals surface area contributed by atoms with E-state index in [9.17, 15) is 9.90 Å². The Kier molecular flexibility index (Phi) is 5.53. The van der Waals surface area contributed by atoms with Crippen molar-refractivity contribution in [3.8, 4) is 22.4 Å². The van der Waals surface area contributed by atoms with Crippen molar-refractivity contribution in [2.24, 2.45) is 5.41 Å². The fourth-order valence-electron chi connectivity index (χ4n) is 5.52. The monoisotopic (exact) mass is 481 g/mol. The van der Waals surface area contributed by atoms with Gasteiger partial charge in [0.05, 0.1) is 29.6 Å². The molecule has 0 bridgehead atoms. The smallest absolute Gasteiger partial charge is 0.311 e. The van der Waals surface area contributed by atoms with Gasteiger partial charge in [0, 0.05) is 47.5 Å². The van der Waals surface area contributed by atoms with Crippen molar-refractivity contribution >= 4 is 22.6 Å². The van der Waals surface area contributed by atoms with Crippen LogP contribution in [-0.4, -0.2) is 49.4 Å². The van der Waals surface area contributed by atoms with Gasteiger partial charge in [-0.2, -0.15) is 9.61 Å². The molecule has 8 heteroatoms. The molecule has 8 nitrogen and oxygen atoms in total. The van der Waals surface area contributed by atoms with Crippen LogP contribution in [0.3, 0.4) is 0 Å². The van der Waals surface area contributed by atoms with E-state index in [2.05, 4.69) is 21.1 Å². The van der Waals surface area contributed by atoms with Gasteiger partial charge in [-0.3, -0.25) is 9.78 Å². The minimum atomic E-state index is -0.819. The summed E-state index contributed by atoms with van der Waals surface area (Å²) in [5, 5.41) is 15.5. The van der Waals surface area contributed by atoms with Crippen LogP contribution < -0.4 is 0 Å². The fourth-order valence-corrected chi connectivity index (χ4v) is 5.52. The van der Waals surface area contributed by atoms with Gasteiger partial charge in [0.2, 0.25) is 0 Å². The summed E-state index contributed by atoms with van der Waals surface area (Å²) in [6, 6.07) is 16.2. The highest BCUT2D eigenvalue weighted by Gasteiger charge is 2.43. The van der Waals surface area contributed by atoms with Crippen molar-refractivity contribution in [1.29, 1.82) is 0 Å². The molecule has 0 radical (unpaired) electrons. The number of fused-ring (bicyclic) bond motifs is 3. The van der Waals surface area contributed by atoms with Crippen LogP contribution in [0.1, 0.15) is 37.3 Å². The van der Waals surface area contributed by atoms with Crippen molar-refractivity contribution in [3.63, 3.8) is 0 Å². The number of carbonyl (C=O) groups is 1. The highest BCUT2D eigenvalue weighted by molar-refractivity contribution is 5.86. The Morgan fingerprint density at radius 2 is 1.92 bits per heavy atom. The SMILES string of the molecule is COCC1(C(=O)O)CCC(c2nc3c(-c4ccc(-c5ccccc5)nc4)cnn3c3[nH]ccc23)CC1. The Morgan fingerprint density at radius 1 is 1.11 bits per heavy atom. The van der Waals surface area contributed by atoms with Crippen molar-refractivity contribution < 1.29 is 14.6 Å². The van der Waals surface area contributed by atoms with E-state index >= 15 is 0 Å². The van der Waals surface area contributed by atoms with E-state index in [0.717, 1.165) is 57.6 Å². The van der Waals surface area contributed by atoms with Gasteiger partial charge in [-0.1, -0.05) is 36.4 Å². The molecule has 0 saturated heterocycles. The molecule has 0 aliphatic heterocycles. The highest BCUT2D eigenvalue weighted by atomic mass is 16.5. The number of hydrogen-bond acceptors (Lipinski definition) is 5. The lowest BCUT2D eigenvalue weighted by molar-refractivity contribution is -0.155. The Balaban J connectivity index is 1.38. The number of pyridine rings is 1. The second-order valence-corrected chi connectivity index (χ2v) is 9.62. The number of carboxylic acids is 1. The molecule has 1 aromatic carbocycles. The molecule has 182 valence electrons. The first-order valence-corrected chi connectivity index (χ1v) is 12.2. The third kappa shape index (κ3) is 3.65. The molecular formula is C28H27N5O3. The number of hydrogen-bond donors (Lipinski definition) is 2. The fraction of sp³-hybridized carbons (Fsp3) is 0.286. The molecule has 0 unspecified atom stereocenters. The summed E-state index contributed by atoms with van der Waals surface area (Å²) in [4.78, 5) is 25.2. The molecule has 0 atom stereocenters. The Morgan fingerprint density at radius 3 is 2.61 bits per heavy atom. The van der Waals surface area contributed by atoms with Gasteiger partial charge in [0.15, 0.2) is 5.65 Å². The highest BCUT2D eigenvalue weighted by Crippen LogP contribution is 2.45. The number of ether oxygens (including phenoxy) is 1. The molecule has 2 N–H and O–H groups in total. The summed E-state index contributed by atoms with van der Waals surface area (Å²) in [7, 11) is 1.57. The number of carboxylic acid groups (broad SMARTS) is 1. The molecule has 5 aromatic rings. The standard InChI is InChI=1S/C28H27N5O3/c1-36-17-28(27(34)35)12-9-19(10-13-28)24-21-11-14-29-25(21)33-26(32-24)22(16-31-33)20-7-8-23(30-15-20)18-5-3-2-4-6-18/h2-8,11,14-16,19,29H,9-10,12-13,17H2,1H3,(H,34,35). The number of rotatable bonds is 6. The summed E-state index contributed by atoms with van der Waals surface area (Å²) in [6.45, 7) is 0.236. The third-order valence-electron chi connectivity index (χ3n) is 7.53. The first-order valence-electron chi connectivity index (χ1n) is 12.2. The summed E-state index contributed by atoms with van der Waals surface area (Å²) in [5.41, 5.74) is 5.67. The maximum Gasteiger partial charge on any atom is 0.311 e.